The summed E-state index contributed by atoms with van der Waals surface area (Å²) < 4.78 is 20.5. The smallest absolute Gasteiger partial charge is 0.339 e. The van der Waals surface area contributed by atoms with Crippen LogP contribution in [0.2, 0.25) is 10.0 Å². The number of anilines is 1. The molecule has 3 aromatic rings. The molecule has 1 aromatic heterocycles. The molecule has 11 nitrogen and oxygen atoms in total. The van der Waals surface area contributed by atoms with Crippen molar-refractivity contribution in [2.75, 3.05) is 33.9 Å². The van der Waals surface area contributed by atoms with Gasteiger partial charge in [0.2, 0.25) is 0 Å². The molecule has 2 aromatic carbocycles. The quantitative estimate of drug-likeness (QED) is 0.167. The summed E-state index contributed by atoms with van der Waals surface area (Å²) in [5.41, 5.74) is 5.39. The molecule has 3 N–H and O–H groups in total. The van der Waals surface area contributed by atoms with Gasteiger partial charge in [0.05, 0.1) is 47.5 Å². The Morgan fingerprint density at radius 2 is 1.46 bits per heavy atom. The molecule has 0 aliphatic carbocycles. The highest BCUT2D eigenvalue weighted by Crippen LogP contribution is 2.22. The monoisotopic (exact) mass is 582 g/mol. The standard InChI is InChI=1S/C12H11ClN2O2.C8H9ClN2O2.C6H12O3/c1-8-5-6-14-15(8)9-3-4-11(13)10(7-9)12(16)17-2;1-13-8(12)6-4-5(11-10)2-3-7(6)9;1-5(7)4-6(8-2)9-3/h3-7H,1-2H3;2-4,11H,10H2,1H3;6H,4H2,1-3H3. The van der Waals surface area contributed by atoms with Crippen molar-refractivity contribution in [3.05, 3.63) is 75.5 Å². The fourth-order valence-electron chi connectivity index (χ4n) is 2.93. The zero-order chi connectivity index (χ0) is 29.5. The van der Waals surface area contributed by atoms with Crippen molar-refractivity contribution in [2.24, 2.45) is 5.84 Å². The van der Waals surface area contributed by atoms with Gasteiger partial charge in [-0.3, -0.25) is 10.6 Å². The van der Waals surface area contributed by atoms with Gasteiger partial charge in [0.15, 0.2) is 6.29 Å². The number of ether oxygens (including phenoxy) is 4. The maximum atomic E-state index is 11.5. The molecule has 212 valence electrons. The van der Waals surface area contributed by atoms with E-state index in [1.165, 1.54) is 41.4 Å². The highest BCUT2D eigenvalue weighted by Gasteiger charge is 2.13. The van der Waals surface area contributed by atoms with Crippen molar-refractivity contribution in [3.8, 4) is 5.69 Å². The molecule has 0 aliphatic heterocycles. The summed E-state index contributed by atoms with van der Waals surface area (Å²) in [6.45, 7) is 3.43. The summed E-state index contributed by atoms with van der Waals surface area (Å²) in [6.07, 6.45) is 1.65. The van der Waals surface area contributed by atoms with Crippen molar-refractivity contribution in [3.63, 3.8) is 0 Å². The lowest BCUT2D eigenvalue weighted by Crippen LogP contribution is -2.16. The number of hydrogen-bond acceptors (Lipinski definition) is 10. The first-order valence-corrected chi connectivity index (χ1v) is 12.1. The number of carbonyl (C=O) groups is 3. The Balaban J connectivity index is 0.000000309. The number of carbonyl (C=O) groups excluding carboxylic acids is 3. The number of hydrazine groups is 1. The predicted molar refractivity (Wildman–Crippen MR) is 148 cm³/mol. The molecule has 0 saturated carbocycles. The molecule has 13 heteroatoms. The SMILES string of the molecule is COC(=O)c1cc(-n2nccc2C)ccc1Cl.COC(=O)c1cc(NN)ccc1Cl.COC(CC(C)=O)OC. The van der Waals surface area contributed by atoms with Crippen LogP contribution in [0.1, 0.15) is 39.8 Å². The fraction of sp³-hybridized carbons (Fsp3) is 0.308. The van der Waals surface area contributed by atoms with Crippen LogP contribution in [0.15, 0.2) is 48.7 Å². The summed E-state index contributed by atoms with van der Waals surface area (Å²) in [6, 6.07) is 11.8. The maximum absolute atomic E-state index is 11.5. The van der Waals surface area contributed by atoms with Gasteiger partial charge < -0.3 is 24.4 Å². The molecule has 0 spiro atoms. The van der Waals surface area contributed by atoms with E-state index >= 15 is 0 Å². The number of halogens is 2. The lowest BCUT2D eigenvalue weighted by atomic mass is 10.2. The molecule has 0 bridgehead atoms. The molecule has 0 unspecified atom stereocenters. The van der Waals surface area contributed by atoms with E-state index in [1.807, 2.05) is 13.0 Å². The average Bonchev–Trinajstić information content (AvgIpc) is 3.37. The normalized spacial score (nSPS) is 10.0. The number of nitrogens with zero attached hydrogens (tertiary/aromatic N) is 2. The predicted octanol–water partition coefficient (Wildman–Crippen LogP) is 4.62. The van der Waals surface area contributed by atoms with Crippen LogP contribution in [0.4, 0.5) is 5.69 Å². The third-order valence-corrected chi connectivity index (χ3v) is 5.61. The Kier molecular flexibility index (Phi) is 14.8. The lowest BCUT2D eigenvalue weighted by Gasteiger charge is -2.09. The number of aryl methyl sites for hydroxylation is 1. The van der Waals surface area contributed by atoms with Crippen LogP contribution in [0.3, 0.4) is 0 Å². The second-order valence-electron chi connectivity index (χ2n) is 7.68. The molecule has 0 amide bonds. The van der Waals surface area contributed by atoms with Gasteiger partial charge >= 0.3 is 11.9 Å². The van der Waals surface area contributed by atoms with Gasteiger partial charge in [-0.15, -0.1) is 0 Å². The minimum Gasteiger partial charge on any atom is -0.465 e. The van der Waals surface area contributed by atoms with E-state index in [2.05, 4.69) is 20.0 Å². The second-order valence-corrected chi connectivity index (χ2v) is 8.49. The largest absolute Gasteiger partial charge is 0.465 e. The number of nitrogens with one attached hydrogen (secondary N) is 1. The third kappa shape index (κ3) is 10.7. The van der Waals surface area contributed by atoms with Crippen LogP contribution in [-0.2, 0) is 23.7 Å². The fourth-order valence-corrected chi connectivity index (χ4v) is 3.32. The van der Waals surface area contributed by atoms with Crippen LogP contribution >= 0.6 is 23.2 Å². The first-order valence-electron chi connectivity index (χ1n) is 11.3. The lowest BCUT2D eigenvalue weighted by molar-refractivity contribution is -0.135. The number of hydrogen-bond donors (Lipinski definition) is 2. The molecular weight excluding hydrogens is 551 g/mol. The number of ketones is 1. The molecule has 1 heterocycles. The molecule has 0 aliphatic rings. The number of aromatic nitrogens is 2. The number of Topliss-reactive ketones (excluding diaryl/α,β-unsaturated/α-hetero) is 1. The van der Waals surface area contributed by atoms with Crippen molar-refractivity contribution in [1.29, 1.82) is 0 Å². The number of rotatable bonds is 8. The Morgan fingerprint density at radius 3 is 1.87 bits per heavy atom. The van der Waals surface area contributed by atoms with Gasteiger partial charge in [-0.2, -0.15) is 5.10 Å². The Bertz CT molecular complexity index is 1250. The zero-order valence-electron chi connectivity index (χ0n) is 22.5. The van der Waals surface area contributed by atoms with Crippen LogP contribution in [0, 0.1) is 6.92 Å². The summed E-state index contributed by atoms with van der Waals surface area (Å²) in [4.78, 5) is 33.0. The average molecular weight is 583 g/mol. The number of nitrogens with two attached hydrogens (primary N) is 1. The maximum Gasteiger partial charge on any atom is 0.339 e. The summed E-state index contributed by atoms with van der Waals surface area (Å²) in [5.74, 6) is 4.30. The number of methoxy groups -OCH3 is 4. The topological polar surface area (TPSA) is 144 Å². The van der Waals surface area contributed by atoms with E-state index < -0.39 is 11.9 Å². The Morgan fingerprint density at radius 1 is 0.923 bits per heavy atom. The van der Waals surface area contributed by atoms with Crippen molar-refractivity contribution >= 4 is 46.6 Å². The first-order chi connectivity index (χ1) is 18.5. The minimum absolute atomic E-state index is 0.0729. The van der Waals surface area contributed by atoms with Crippen molar-refractivity contribution < 1.29 is 33.3 Å². The molecule has 0 atom stereocenters. The molecule has 3 rings (SSSR count). The highest BCUT2D eigenvalue weighted by atomic mass is 35.5. The Labute approximate surface area is 237 Å². The van der Waals surface area contributed by atoms with Gasteiger partial charge in [0.1, 0.15) is 5.78 Å². The number of nitrogen functional groups attached to an aromatic ring is 1. The van der Waals surface area contributed by atoms with E-state index in [1.54, 1.807) is 41.2 Å². The zero-order valence-corrected chi connectivity index (χ0v) is 24.0. The third-order valence-electron chi connectivity index (χ3n) is 4.95. The van der Waals surface area contributed by atoms with Crippen LogP contribution in [0.5, 0.6) is 0 Å². The number of benzene rings is 2. The van der Waals surface area contributed by atoms with Gasteiger partial charge in [-0.1, -0.05) is 23.2 Å². The van der Waals surface area contributed by atoms with Gasteiger partial charge in [0.25, 0.3) is 0 Å². The summed E-state index contributed by atoms with van der Waals surface area (Å²) in [5, 5.41) is 4.87. The first kappa shape index (κ1) is 33.5. The molecular formula is C26H32Cl2N4O7. The van der Waals surface area contributed by atoms with E-state index in [0.29, 0.717) is 33.3 Å². The minimum atomic E-state index is -0.484. The second kappa shape index (κ2) is 17.2. The van der Waals surface area contributed by atoms with Gasteiger partial charge in [-0.25, -0.2) is 14.3 Å². The summed E-state index contributed by atoms with van der Waals surface area (Å²) in [7, 11) is 5.64. The molecule has 0 saturated heterocycles. The van der Waals surface area contributed by atoms with Crippen LogP contribution < -0.4 is 11.3 Å². The van der Waals surface area contributed by atoms with Gasteiger partial charge in [0, 0.05) is 31.8 Å². The highest BCUT2D eigenvalue weighted by molar-refractivity contribution is 6.34. The molecule has 0 fully saturated rings. The van der Waals surface area contributed by atoms with Crippen LogP contribution in [0.25, 0.3) is 5.69 Å². The van der Waals surface area contributed by atoms with E-state index in [0.717, 1.165) is 11.4 Å². The van der Waals surface area contributed by atoms with E-state index in [9.17, 15) is 14.4 Å². The molecule has 0 radical (unpaired) electrons. The number of esters is 2. The van der Waals surface area contributed by atoms with Crippen LogP contribution in [-0.4, -0.2) is 62.2 Å². The van der Waals surface area contributed by atoms with Gasteiger partial charge in [-0.05, 0) is 56.3 Å². The van der Waals surface area contributed by atoms with Crippen molar-refractivity contribution in [2.45, 2.75) is 26.6 Å². The Hall–Kier alpha value is -3.48. The van der Waals surface area contributed by atoms with E-state index in [-0.39, 0.29) is 12.1 Å². The molecule has 39 heavy (non-hydrogen) atoms. The summed E-state index contributed by atoms with van der Waals surface area (Å²) >= 11 is 11.7. The van der Waals surface area contributed by atoms with E-state index in [4.69, 9.17) is 38.5 Å². The van der Waals surface area contributed by atoms with Crippen molar-refractivity contribution in [1.82, 2.24) is 9.78 Å².